The fraction of sp³-hybridized carbons (Fsp3) is 0.211. The summed E-state index contributed by atoms with van der Waals surface area (Å²) in [4.78, 5) is 17.8. The van der Waals surface area contributed by atoms with Crippen molar-refractivity contribution in [1.82, 2.24) is 15.5 Å². The van der Waals surface area contributed by atoms with E-state index in [4.69, 9.17) is 27.7 Å². The first-order valence-electron chi connectivity index (χ1n) is 8.34. The number of carbonyl (C=O) groups is 1. The first kappa shape index (κ1) is 19.7. The maximum Gasteiger partial charge on any atom is 0.246 e. The second-order valence-electron chi connectivity index (χ2n) is 5.68. The number of nitrogens with zero attached hydrogens (tertiary/aromatic N) is 2. The summed E-state index contributed by atoms with van der Waals surface area (Å²) in [6.45, 7) is 2.13. The van der Waals surface area contributed by atoms with Crippen molar-refractivity contribution in [2.75, 3.05) is 0 Å². The molecule has 2 aromatic carbocycles. The van der Waals surface area contributed by atoms with Gasteiger partial charge >= 0.3 is 0 Å². The van der Waals surface area contributed by atoms with Gasteiger partial charge in [-0.2, -0.15) is 4.98 Å². The van der Waals surface area contributed by atoms with Crippen molar-refractivity contribution in [1.29, 1.82) is 0 Å². The van der Waals surface area contributed by atoms with E-state index in [1.165, 1.54) is 11.8 Å². The van der Waals surface area contributed by atoms with Crippen molar-refractivity contribution < 1.29 is 9.32 Å². The molecule has 0 aliphatic heterocycles. The Kier molecular flexibility index (Phi) is 6.77. The SMILES string of the molecule is CC[C@@H](Sc1ccc(Cl)cc1)C(=O)NCc1nc(-c2ccccc2Cl)no1. The van der Waals surface area contributed by atoms with Gasteiger partial charge in [0.25, 0.3) is 0 Å². The van der Waals surface area contributed by atoms with E-state index < -0.39 is 0 Å². The number of benzene rings is 2. The van der Waals surface area contributed by atoms with Crippen LogP contribution in [0.25, 0.3) is 11.4 Å². The number of halogens is 2. The number of rotatable bonds is 7. The first-order valence-corrected chi connectivity index (χ1v) is 9.97. The molecule has 0 fully saturated rings. The molecule has 0 aliphatic rings. The van der Waals surface area contributed by atoms with Gasteiger partial charge in [0.2, 0.25) is 17.6 Å². The highest BCUT2D eigenvalue weighted by Gasteiger charge is 2.19. The fourth-order valence-electron chi connectivity index (χ4n) is 2.35. The number of thioether (sulfide) groups is 1. The maximum absolute atomic E-state index is 12.5. The van der Waals surface area contributed by atoms with Crippen molar-refractivity contribution in [3.63, 3.8) is 0 Å². The van der Waals surface area contributed by atoms with Gasteiger partial charge in [0.1, 0.15) is 0 Å². The summed E-state index contributed by atoms with van der Waals surface area (Å²) >= 11 is 13.5. The largest absolute Gasteiger partial charge is 0.346 e. The minimum Gasteiger partial charge on any atom is -0.346 e. The summed E-state index contributed by atoms with van der Waals surface area (Å²) in [6, 6.07) is 14.7. The lowest BCUT2D eigenvalue weighted by atomic mass is 10.2. The van der Waals surface area contributed by atoms with Crippen LogP contribution < -0.4 is 5.32 Å². The zero-order valence-electron chi connectivity index (χ0n) is 14.5. The van der Waals surface area contributed by atoms with Gasteiger partial charge in [-0.3, -0.25) is 4.79 Å². The summed E-state index contributed by atoms with van der Waals surface area (Å²) in [5, 5.41) is 7.76. The van der Waals surface area contributed by atoms with Gasteiger partial charge < -0.3 is 9.84 Å². The molecule has 0 unspecified atom stereocenters. The van der Waals surface area contributed by atoms with Crippen LogP contribution >= 0.6 is 35.0 Å². The highest BCUT2D eigenvalue weighted by atomic mass is 35.5. The predicted octanol–water partition coefficient (Wildman–Crippen LogP) is 5.23. The van der Waals surface area contributed by atoms with Gasteiger partial charge in [-0.1, -0.05) is 47.4 Å². The van der Waals surface area contributed by atoms with E-state index in [1.807, 2.05) is 49.4 Å². The molecule has 27 heavy (non-hydrogen) atoms. The van der Waals surface area contributed by atoms with Crippen LogP contribution in [-0.4, -0.2) is 21.3 Å². The summed E-state index contributed by atoms with van der Waals surface area (Å²) in [7, 11) is 0. The topological polar surface area (TPSA) is 68.0 Å². The van der Waals surface area contributed by atoms with Crippen LogP contribution in [0.2, 0.25) is 10.0 Å². The van der Waals surface area contributed by atoms with Crippen LogP contribution in [-0.2, 0) is 11.3 Å². The molecule has 1 heterocycles. The lowest BCUT2D eigenvalue weighted by Crippen LogP contribution is -2.31. The van der Waals surface area contributed by atoms with Crippen molar-refractivity contribution in [3.05, 3.63) is 64.5 Å². The molecule has 0 spiro atoms. The van der Waals surface area contributed by atoms with Crippen LogP contribution in [0.4, 0.5) is 0 Å². The van der Waals surface area contributed by atoms with E-state index >= 15 is 0 Å². The Bertz CT molecular complexity index is 915. The number of nitrogens with one attached hydrogen (secondary N) is 1. The van der Waals surface area contributed by atoms with Crippen LogP contribution in [0.1, 0.15) is 19.2 Å². The number of hydrogen-bond donors (Lipinski definition) is 1. The van der Waals surface area contributed by atoms with E-state index in [9.17, 15) is 4.79 Å². The van der Waals surface area contributed by atoms with Crippen LogP contribution in [0.5, 0.6) is 0 Å². The van der Waals surface area contributed by atoms with E-state index in [0.717, 1.165) is 4.90 Å². The maximum atomic E-state index is 12.5. The number of hydrogen-bond acceptors (Lipinski definition) is 5. The monoisotopic (exact) mass is 421 g/mol. The van der Waals surface area contributed by atoms with Gasteiger partial charge in [-0.15, -0.1) is 11.8 Å². The molecular weight excluding hydrogens is 405 g/mol. The Labute approximate surface area is 171 Å². The molecule has 0 aliphatic carbocycles. The average molecular weight is 422 g/mol. The molecule has 1 N–H and O–H groups in total. The third-order valence-corrected chi connectivity index (χ3v) is 5.71. The molecule has 0 radical (unpaired) electrons. The lowest BCUT2D eigenvalue weighted by molar-refractivity contribution is -0.120. The number of amides is 1. The Morgan fingerprint density at radius 1 is 1.19 bits per heavy atom. The van der Waals surface area contributed by atoms with Crippen molar-refractivity contribution in [3.8, 4) is 11.4 Å². The van der Waals surface area contributed by atoms with E-state index in [1.54, 1.807) is 6.07 Å². The Morgan fingerprint density at radius 3 is 2.63 bits per heavy atom. The normalized spacial score (nSPS) is 12.0. The zero-order valence-corrected chi connectivity index (χ0v) is 16.8. The van der Waals surface area contributed by atoms with Crippen LogP contribution in [0.15, 0.2) is 57.9 Å². The van der Waals surface area contributed by atoms with Crippen LogP contribution in [0, 0.1) is 0 Å². The molecule has 0 saturated carbocycles. The minimum atomic E-state index is -0.225. The average Bonchev–Trinajstić information content (AvgIpc) is 3.15. The smallest absolute Gasteiger partial charge is 0.246 e. The van der Waals surface area contributed by atoms with E-state index in [-0.39, 0.29) is 17.7 Å². The molecule has 1 aromatic heterocycles. The van der Waals surface area contributed by atoms with Gasteiger partial charge in [-0.05, 0) is 42.8 Å². The van der Waals surface area contributed by atoms with Crippen molar-refractivity contribution >= 4 is 40.9 Å². The Balaban J connectivity index is 1.59. The van der Waals surface area contributed by atoms with Gasteiger partial charge in [-0.25, -0.2) is 0 Å². The third-order valence-electron chi connectivity index (χ3n) is 3.75. The summed E-state index contributed by atoms with van der Waals surface area (Å²) < 4.78 is 5.21. The zero-order chi connectivity index (χ0) is 19.2. The lowest BCUT2D eigenvalue weighted by Gasteiger charge is -2.13. The standard InChI is InChI=1S/C19H17Cl2N3O2S/c1-2-16(27-13-9-7-12(20)8-10-13)19(25)22-11-17-23-18(24-26-17)14-5-3-4-6-15(14)21/h3-10,16H,2,11H2,1H3,(H,22,25)/t16-/m1/s1. The fourth-order valence-corrected chi connectivity index (χ4v) is 3.68. The highest BCUT2D eigenvalue weighted by Crippen LogP contribution is 2.27. The number of carbonyl (C=O) groups excluding carboxylic acids is 1. The summed E-state index contributed by atoms with van der Waals surface area (Å²) in [5.41, 5.74) is 0.685. The van der Waals surface area contributed by atoms with Gasteiger partial charge in [0.05, 0.1) is 16.8 Å². The molecule has 8 heteroatoms. The minimum absolute atomic E-state index is 0.0880. The molecular formula is C19H17Cl2N3O2S. The third kappa shape index (κ3) is 5.25. The molecule has 140 valence electrons. The van der Waals surface area contributed by atoms with E-state index in [0.29, 0.717) is 33.7 Å². The summed E-state index contributed by atoms with van der Waals surface area (Å²) in [5.74, 6) is 0.631. The molecule has 5 nitrogen and oxygen atoms in total. The second-order valence-corrected chi connectivity index (χ2v) is 7.80. The Morgan fingerprint density at radius 2 is 1.93 bits per heavy atom. The van der Waals surface area contributed by atoms with Crippen molar-refractivity contribution in [2.24, 2.45) is 0 Å². The molecule has 3 rings (SSSR count). The molecule has 1 atom stereocenters. The first-order chi connectivity index (χ1) is 13.1. The molecule has 0 saturated heterocycles. The molecule has 0 bridgehead atoms. The summed E-state index contributed by atoms with van der Waals surface area (Å²) in [6.07, 6.45) is 0.688. The quantitative estimate of drug-likeness (QED) is 0.528. The van der Waals surface area contributed by atoms with Gasteiger partial charge in [0.15, 0.2) is 0 Å². The second kappa shape index (κ2) is 9.26. The predicted molar refractivity (Wildman–Crippen MR) is 108 cm³/mol. The molecule has 1 amide bonds. The highest BCUT2D eigenvalue weighted by molar-refractivity contribution is 8.00. The molecule has 3 aromatic rings. The Hall–Kier alpha value is -2.02. The number of aromatic nitrogens is 2. The van der Waals surface area contributed by atoms with E-state index in [2.05, 4.69) is 15.5 Å². The van der Waals surface area contributed by atoms with Gasteiger partial charge in [0, 0.05) is 15.5 Å². The van der Waals surface area contributed by atoms with Crippen LogP contribution in [0.3, 0.4) is 0 Å². The van der Waals surface area contributed by atoms with Crippen molar-refractivity contribution in [2.45, 2.75) is 30.0 Å².